The molecule has 0 radical (unpaired) electrons. The van der Waals surface area contributed by atoms with E-state index < -0.39 is 0 Å². The number of aryl methyl sites for hydroxylation is 1. The van der Waals surface area contributed by atoms with E-state index in [2.05, 4.69) is 9.97 Å². The topological polar surface area (TPSA) is 25.8 Å². The molecule has 0 N–H and O–H groups in total. The van der Waals surface area contributed by atoms with Crippen LogP contribution in [-0.2, 0) is 5.88 Å². The number of hydrogen-bond acceptors (Lipinski definition) is 2. The molecule has 2 nitrogen and oxygen atoms in total. The molecular weight excluding hydrogens is 203 g/mol. The Balaban J connectivity index is 2.77. The molecule has 0 spiro atoms. The van der Waals surface area contributed by atoms with Gasteiger partial charge in [-0.3, -0.25) is 0 Å². The minimum atomic E-state index is -0.295. The van der Waals surface area contributed by atoms with Crippen molar-refractivity contribution in [3.63, 3.8) is 0 Å². The summed E-state index contributed by atoms with van der Waals surface area (Å²) in [5, 5.41) is 0.861. The first-order valence-corrected chi connectivity index (χ1v) is 4.73. The van der Waals surface area contributed by atoms with Crippen LogP contribution < -0.4 is 0 Å². The molecule has 0 aliphatic carbocycles. The number of hydrogen-bond donors (Lipinski definition) is 0. The van der Waals surface area contributed by atoms with Crippen molar-refractivity contribution in [3.8, 4) is 0 Å². The van der Waals surface area contributed by atoms with Gasteiger partial charge in [-0.1, -0.05) is 0 Å². The van der Waals surface area contributed by atoms with E-state index in [9.17, 15) is 4.39 Å². The molecule has 0 bridgehead atoms. The maximum absolute atomic E-state index is 12.9. The minimum absolute atomic E-state index is 0.243. The van der Waals surface area contributed by atoms with Crippen LogP contribution in [0.25, 0.3) is 10.9 Å². The molecular formula is C10H8ClFN2. The van der Waals surface area contributed by atoms with Crippen molar-refractivity contribution in [2.45, 2.75) is 12.8 Å². The molecule has 0 atom stereocenters. The number of nitrogens with zero attached hydrogens (tertiary/aromatic N) is 2. The predicted molar refractivity (Wildman–Crippen MR) is 53.8 cm³/mol. The Labute approximate surface area is 85.8 Å². The summed E-state index contributed by atoms with van der Waals surface area (Å²) in [5.74, 6) is 0.478. The van der Waals surface area contributed by atoms with E-state index in [0.717, 1.165) is 11.1 Å². The highest BCUT2D eigenvalue weighted by atomic mass is 35.5. The maximum Gasteiger partial charge on any atom is 0.144 e. The lowest BCUT2D eigenvalue weighted by Gasteiger charge is -2.02. The first-order chi connectivity index (χ1) is 6.70. The Morgan fingerprint density at radius 1 is 1.36 bits per heavy atom. The Bertz CT molecular complexity index is 485. The number of rotatable bonds is 1. The molecule has 1 aromatic carbocycles. The Kier molecular flexibility index (Phi) is 2.33. The van der Waals surface area contributed by atoms with Gasteiger partial charge < -0.3 is 0 Å². The van der Waals surface area contributed by atoms with Gasteiger partial charge in [-0.05, 0) is 19.1 Å². The third-order valence-corrected chi connectivity index (χ3v) is 2.25. The zero-order chi connectivity index (χ0) is 10.1. The third-order valence-electron chi connectivity index (χ3n) is 2.02. The first kappa shape index (κ1) is 9.34. The van der Waals surface area contributed by atoms with Crippen molar-refractivity contribution in [3.05, 3.63) is 35.5 Å². The van der Waals surface area contributed by atoms with Gasteiger partial charge >= 0.3 is 0 Å². The Hall–Kier alpha value is -1.22. The van der Waals surface area contributed by atoms with Crippen LogP contribution in [0, 0.1) is 12.7 Å². The predicted octanol–water partition coefficient (Wildman–Crippen LogP) is 2.82. The van der Waals surface area contributed by atoms with Crippen molar-refractivity contribution in [2.75, 3.05) is 0 Å². The van der Waals surface area contributed by atoms with Gasteiger partial charge in [0.25, 0.3) is 0 Å². The first-order valence-electron chi connectivity index (χ1n) is 4.19. The molecule has 14 heavy (non-hydrogen) atoms. The molecule has 0 fully saturated rings. The fourth-order valence-electron chi connectivity index (χ4n) is 1.38. The summed E-state index contributed by atoms with van der Waals surface area (Å²) >= 11 is 5.62. The van der Waals surface area contributed by atoms with E-state index in [0.29, 0.717) is 11.3 Å². The summed E-state index contributed by atoms with van der Waals surface area (Å²) in [5.41, 5.74) is 1.43. The van der Waals surface area contributed by atoms with Crippen LogP contribution in [0.1, 0.15) is 11.5 Å². The van der Waals surface area contributed by atoms with Crippen molar-refractivity contribution < 1.29 is 4.39 Å². The monoisotopic (exact) mass is 210 g/mol. The van der Waals surface area contributed by atoms with Gasteiger partial charge in [0.1, 0.15) is 11.6 Å². The Morgan fingerprint density at radius 2 is 2.14 bits per heavy atom. The molecule has 0 saturated heterocycles. The van der Waals surface area contributed by atoms with Crippen molar-refractivity contribution in [1.82, 2.24) is 9.97 Å². The number of aromatic nitrogens is 2. The molecule has 1 heterocycles. The summed E-state index contributed by atoms with van der Waals surface area (Å²) in [4.78, 5) is 8.32. The number of fused-ring (bicyclic) bond motifs is 1. The highest BCUT2D eigenvalue weighted by Gasteiger charge is 2.04. The van der Waals surface area contributed by atoms with E-state index >= 15 is 0 Å². The molecule has 0 aliphatic rings. The van der Waals surface area contributed by atoms with Gasteiger partial charge in [0.05, 0.1) is 11.4 Å². The SMILES string of the molecule is Cc1nc(CCl)nc2cc(F)ccc12. The van der Waals surface area contributed by atoms with Crippen molar-refractivity contribution in [2.24, 2.45) is 0 Å². The lowest BCUT2D eigenvalue weighted by atomic mass is 10.2. The van der Waals surface area contributed by atoms with Crippen LogP contribution in [0.4, 0.5) is 4.39 Å². The summed E-state index contributed by atoms with van der Waals surface area (Å²) in [6.07, 6.45) is 0. The summed E-state index contributed by atoms with van der Waals surface area (Å²) < 4.78 is 12.9. The van der Waals surface area contributed by atoms with E-state index in [1.54, 1.807) is 6.07 Å². The standard InChI is InChI=1S/C10H8ClFN2/c1-6-8-3-2-7(12)4-9(8)14-10(5-11)13-6/h2-4H,5H2,1H3. The summed E-state index contributed by atoms with van der Waals surface area (Å²) in [6.45, 7) is 1.86. The molecule has 0 saturated carbocycles. The van der Waals surface area contributed by atoms with Crippen molar-refractivity contribution >= 4 is 22.5 Å². The van der Waals surface area contributed by atoms with Gasteiger partial charge in [0, 0.05) is 17.1 Å². The van der Waals surface area contributed by atoms with E-state index in [4.69, 9.17) is 11.6 Å². The molecule has 0 amide bonds. The second-order valence-electron chi connectivity index (χ2n) is 3.02. The van der Waals surface area contributed by atoms with Crippen LogP contribution in [0.5, 0.6) is 0 Å². The van der Waals surface area contributed by atoms with Gasteiger partial charge in [-0.2, -0.15) is 0 Å². The normalized spacial score (nSPS) is 10.8. The van der Waals surface area contributed by atoms with E-state index in [1.165, 1.54) is 12.1 Å². The van der Waals surface area contributed by atoms with E-state index in [1.807, 2.05) is 6.92 Å². The number of benzene rings is 1. The second-order valence-corrected chi connectivity index (χ2v) is 3.29. The van der Waals surface area contributed by atoms with Crippen LogP contribution in [0.15, 0.2) is 18.2 Å². The zero-order valence-corrected chi connectivity index (χ0v) is 8.35. The average Bonchev–Trinajstić information content (AvgIpc) is 2.16. The molecule has 4 heteroatoms. The zero-order valence-electron chi connectivity index (χ0n) is 7.59. The fourth-order valence-corrected chi connectivity index (χ4v) is 1.50. The number of halogens is 2. The fraction of sp³-hybridized carbons (Fsp3) is 0.200. The van der Waals surface area contributed by atoms with Crippen LogP contribution in [0.3, 0.4) is 0 Å². The van der Waals surface area contributed by atoms with Crippen LogP contribution >= 0.6 is 11.6 Å². The molecule has 2 rings (SSSR count). The minimum Gasteiger partial charge on any atom is -0.236 e. The smallest absolute Gasteiger partial charge is 0.144 e. The van der Waals surface area contributed by atoms with Crippen LogP contribution in [0.2, 0.25) is 0 Å². The molecule has 1 aromatic heterocycles. The second kappa shape index (κ2) is 3.50. The van der Waals surface area contributed by atoms with Gasteiger partial charge in [0.15, 0.2) is 0 Å². The van der Waals surface area contributed by atoms with Gasteiger partial charge in [-0.15, -0.1) is 11.6 Å². The van der Waals surface area contributed by atoms with Crippen molar-refractivity contribution in [1.29, 1.82) is 0 Å². The average molecular weight is 211 g/mol. The largest absolute Gasteiger partial charge is 0.236 e. The molecule has 72 valence electrons. The van der Waals surface area contributed by atoms with Gasteiger partial charge in [0.2, 0.25) is 0 Å². The molecule has 0 unspecified atom stereocenters. The molecule has 0 aliphatic heterocycles. The quantitative estimate of drug-likeness (QED) is 0.677. The lowest BCUT2D eigenvalue weighted by molar-refractivity contribution is 0.629. The Morgan fingerprint density at radius 3 is 2.86 bits per heavy atom. The van der Waals surface area contributed by atoms with Crippen LogP contribution in [-0.4, -0.2) is 9.97 Å². The lowest BCUT2D eigenvalue weighted by Crippen LogP contribution is -1.96. The highest BCUT2D eigenvalue weighted by molar-refractivity contribution is 6.16. The maximum atomic E-state index is 12.9. The van der Waals surface area contributed by atoms with E-state index in [-0.39, 0.29) is 11.7 Å². The third kappa shape index (κ3) is 1.55. The summed E-state index contributed by atoms with van der Waals surface area (Å²) in [7, 11) is 0. The number of alkyl halides is 1. The summed E-state index contributed by atoms with van der Waals surface area (Å²) in [6, 6.07) is 4.47. The highest BCUT2D eigenvalue weighted by Crippen LogP contribution is 2.16. The molecule has 2 aromatic rings. The van der Waals surface area contributed by atoms with Gasteiger partial charge in [-0.25, -0.2) is 14.4 Å².